The van der Waals surface area contributed by atoms with E-state index in [1.165, 1.54) is 6.07 Å². The average molecular weight is 301 g/mol. The van der Waals surface area contributed by atoms with E-state index in [2.05, 4.69) is 10.5 Å². The summed E-state index contributed by atoms with van der Waals surface area (Å²) >= 11 is 0. The minimum Gasteiger partial charge on any atom is -0.371 e. The van der Waals surface area contributed by atoms with E-state index in [9.17, 15) is 8.78 Å². The van der Waals surface area contributed by atoms with Gasteiger partial charge in [-0.25, -0.2) is 8.78 Å². The van der Waals surface area contributed by atoms with E-state index < -0.39 is 17.6 Å². The fourth-order valence-corrected chi connectivity index (χ4v) is 1.98. The normalized spacial score (nSPS) is 12.4. The molecule has 3 nitrogen and oxygen atoms in total. The average Bonchev–Trinajstić information content (AvgIpc) is 2.32. The number of rotatable bonds is 7. The summed E-state index contributed by atoms with van der Waals surface area (Å²) in [5, 5.41) is 0. The summed E-state index contributed by atoms with van der Waals surface area (Å²) in [6, 6.07) is 3.63. The number of hydrogen-bond donors (Lipinski definition) is 0. The van der Waals surface area contributed by atoms with Crippen molar-refractivity contribution < 1.29 is 22.7 Å². The van der Waals surface area contributed by atoms with Crippen LogP contribution in [0.25, 0.3) is 0 Å². The molecule has 0 aliphatic heterocycles. The first-order valence-corrected chi connectivity index (χ1v) is 6.83. The number of ether oxygens (including phenoxy) is 2. The highest BCUT2D eigenvalue weighted by molar-refractivity contribution is 5.98. The van der Waals surface area contributed by atoms with Crippen LogP contribution in [0.5, 0.6) is 0 Å². The third-order valence-corrected chi connectivity index (χ3v) is 2.70. The van der Waals surface area contributed by atoms with Crippen LogP contribution in [0.4, 0.5) is 8.78 Å². The summed E-state index contributed by atoms with van der Waals surface area (Å²) in [4.78, 5) is 0. The molecule has 0 spiro atoms. The fourth-order valence-electron chi connectivity index (χ4n) is 1.81. The highest BCUT2D eigenvalue weighted by atomic mass is 28.2. The number of benzene rings is 1. The smallest absolute Gasteiger partial charge is 0.277 e. The molecule has 0 heterocycles. The molecule has 0 unspecified atom stereocenters. The SMILES string of the molecule is CC(C)OC(Cc1ccc(F)c(F)c1)(O[Si])OC(C)C. The van der Waals surface area contributed by atoms with E-state index >= 15 is 0 Å². The molecular weight excluding hydrogens is 282 g/mol. The maximum Gasteiger partial charge on any atom is 0.277 e. The second-order valence-corrected chi connectivity index (χ2v) is 5.25. The maximum absolute atomic E-state index is 13.3. The van der Waals surface area contributed by atoms with Crippen LogP contribution in [-0.2, 0) is 20.3 Å². The van der Waals surface area contributed by atoms with Crippen molar-refractivity contribution in [3.05, 3.63) is 35.4 Å². The first-order valence-electron chi connectivity index (χ1n) is 6.42. The predicted octanol–water partition coefficient (Wildman–Crippen LogP) is 3.11. The Kier molecular flexibility index (Phi) is 6.26. The molecule has 0 aliphatic carbocycles. The molecule has 6 heteroatoms. The van der Waals surface area contributed by atoms with Gasteiger partial charge < -0.3 is 13.9 Å². The van der Waals surface area contributed by atoms with Gasteiger partial charge in [-0.2, -0.15) is 0 Å². The zero-order chi connectivity index (χ0) is 15.3. The van der Waals surface area contributed by atoms with Gasteiger partial charge in [-0.05, 0) is 45.4 Å². The molecule has 0 saturated heterocycles. The minimum absolute atomic E-state index is 0.115. The molecule has 1 rings (SSSR count). The van der Waals surface area contributed by atoms with Crippen molar-refractivity contribution >= 4 is 10.5 Å². The van der Waals surface area contributed by atoms with Crippen molar-refractivity contribution in [2.45, 2.75) is 52.3 Å². The van der Waals surface area contributed by atoms with Crippen molar-refractivity contribution in [3.63, 3.8) is 0 Å². The van der Waals surface area contributed by atoms with Crippen LogP contribution < -0.4 is 0 Å². The Morgan fingerprint density at radius 1 is 1.05 bits per heavy atom. The van der Waals surface area contributed by atoms with Crippen LogP contribution in [0.3, 0.4) is 0 Å². The lowest BCUT2D eigenvalue weighted by Crippen LogP contribution is -2.44. The van der Waals surface area contributed by atoms with E-state index in [0.29, 0.717) is 5.56 Å². The Morgan fingerprint density at radius 3 is 2.00 bits per heavy atom. The van der Waals surface area contributed by atoms with Gasteiger partial charge in [0.25, 0.3) is 16.5 Å². The van der Waals surface area contributed by atoms with Crippen molar-refractivity contribution in [1.29, 1.82) is 0 Å². The van der Waals surface area contributed by atoms with Gasteiger partial charge in [0.1, 0.15) is 0 Å². The molecule has 0 atom stereocenters. The standard InChI is InChI=1S/C14H19F2O3Si/c1-9(2)17-14(19-20,18-10(3)4)8-11-5-6-12(15)13(16)7-11/h5-7,9-10H,8H2,1-4H3. The third-order valence-electron chi connectivity index (χ3n) is 2.39. The van der Waals surface area contributed by atoms with E-state index in [1.54, 1.807) is 0 Å². The molecule has 0 saturated carbocycles. The monoisotopic (exact) mass is 301 g/mol. The third kappa shape index (κ3) is 4.94. The second kappa shape index (κ2) is 7.26. The zero-order valence-electron chi connectivity index (χ0n) is 12.1. The molecule has 20 heavy (non-hydrogen) atoms. The summed E-state index contributed by atoms with van der Waals surface area (Å²) in [7, 11) is 2.96. The van der Waals surface area contributed by atoms with E-state index in [4.69, 9.17) is 13.9 Å². The highest BCUT2D eigenvalue weighted by Crippen LogP contribution is 2.25. The van der Waals surface area contributed by atoms with Crippen LogP contribution in [0.2, 0.25) is 0 Å². The molecule has 0 bridgehead atoms. The highest BCUT2D eigenvalue weighted by Gasteiger charge is 2.35. The largest absolute Gasteiger partial charge is 0.371 e. The summed E-state index contributed by atoms with van der Waals surface area (Å²) in [6.07, 6.45) is -0.227. The molecule has 111 valence electrons. The molecule has 3 radical (unpaired) electrons. The quantitative estimate of drug-likeness (QED) is 0.572. The van der Waals surface area contributed by atoms with E-state index in [1.807, 2.05) is 27.7 Å². The van der Waals surface area contributed by atoms with Gasteiger partial charge in [0, 0.05) is 0 Å². The van der Waals surface area contributed by atoms with Gasteiger partial charge in [0.15, 0.2) is 11.6 Å². The van der Waals surface area contributed by atoms with Gasteiger partial charge in [-0.15, -0.1) is 0 Å². The molecule has 1 aromatic rings. The van der Waals surface area contributed by atoms with Gasteiger partial charge in [-0.3, -0.25) is 0 Å². The molecule has 0 fully saturated rings. The van der Waals surface area contributed by atoms with Crippen LogP contribution in [0.15, 0.2) is 18.2 Å². The first kappa shape index (κ1) is 17.2. The predicted molar refractivity (Wildman–Crippen MR) is 72.1 cm³/mol. The number of halogens is 2. The summed E-state index contributed by atoms with van der Waals surface area (Å²) in [5.74, 6) is -3.21. The molecule has 1 aromatic carbocycles. The lowest BCUT2D eigenvalue weighted by atomic mass is 10.1. The van der Waals surface area contributed by atoms with Crippen LogP contribution in [0.1, 0.15) is 33.3 Å². The summed E-state index contributed by atoms with van der Waals surface area (Å²) in [5.41, 5.74) is 0.503. The Bertz CT molecular complexity index is 428. The van der Waals surface area contributed by atoms with Gasteiger partial charge in [0.2, 0.25) is 0 Å². The van der Waals surface area contributed by atoms with Crippen molar-refractivity contribution in [3.8, 4) is 0 Å². The van der Waals surface area contributed by atoms with Crippen molar-refractivity contribution in [2.24, 2.45) is 0 Å². The van der Waals surface area contributed by atoms with Gasteiger partial charge in [0.05, 0.1) is 18.6 Å². The Hall–Kier alpha value is -0.823. The van der Waals surface area contributed by atoms with E-state index in [-0.39, 0.29) is 18.6 Å². The molecular formula is C14H19F2O3Si. The Labute approximate surface area is 121 Å². The first-order chi connectivity index (χ1) is 9.28. The van der Waals surface area contributed by atoms with Crippen LogP contribution in [0, 0.1) is 11.6 Å². The lowest BCUT2D eigenvalue weighted by Gasteiger charge is -2.35. The Morgan fingerprint density at radius 2 is 1.60 bits per heavy atom. The van der Waals surface area contributed by atoms with Crippen LogP contribution >= 0.6 is 0 Å². The summed E-state index contributed by atoms with van der Waals surface area (Å²) in [6.45, 7) is 7.31. The van der Waals surface area contributed by atoms with E-state index in [0.717, 1.165) is 12.1 Å². The summed E-state index contributed by atoms with van der Waals surface area (Å²) < 4.78 is 42.7. The topological polar surface area (TPSA) is 27.7 Å². The lowest BCUT2D eigenvalue weighted by molar-refractivity contribution is -0.365. The molecule has 0 amide bonds. The Balaban J connectivity index is 3.00. The van der Waals surface area contributed by atoms with Gasteiger partial charge in [-0.1, -0.05) is 6.07 Å². The fraction of sp³-hybridized carbons (Fsp3) is 0.571. The second-order valence-electron chi connectivity index (χ2n) is 5.04. The molecule has 0 aromatic heterocycles. The van der Waals surface area contributed by atoms with Crippen molar-refractivity contribution in [1.82, 2.24) is 0 Å². The van der Waals surface area contributed by atoms with Gasteiger partial charge >= 0.3 is 0 Å². The van der Waals surface area contributed by atoms with Crippen molar-refractivity contribution in [2.75, 3.05) is 0 Å². The minimum atomic E-state index is -1.40. The van der Waals surface area contributed by atoms with Crippen LogP contribution in [-0.4, -0.2) is 28.7 Å². The maximum atomic E-state index is 13.3. The molecule has 0 aliphatic rings. The number of hydrogen-bond acceptors (Lipinski definition) is 3. The molecule has 0 N–H and O–H groups in total. The zero-order valence-corrected chi connectivity index (χ0v) is 13.1.